The summed E-state index contributed by atoms with van der Waals surface area (Å²) in [6, 6.07) is 12.2. The highest BCUT2D eigenvalue weighted by Crippen LogP contribution is 2.37. The molecule has 0 saturated carbocycles. The van der Waals surface area contributed by atoms with Gasteiger partial charge in [-0.25, -0.2) is 9.55 Å². The van der Waals surface area contributed by atoms with E-state index < -0.39 is 6.88 Å². The quantitative estimate of drug-likeness (QED) is 0.432. The second-order valence-electron chi connectivity index (χ2n) is 7.99. The smallest absolute Gasteiger partial charge is 0.227 e. The number of benzene rings is 1. The standard InChI is InChI=1S/C23H25N2O/c1-14-7-11-18(25(6)13-14)20-15(2)8-9-16-17-10-12-19(23(3,4)5)24-22(17)26-21(16)20/h7-13H,1-6H3/q+1/i1D2. The van der Waals surface area contributed by atoms with Gasteiger partial charge in [0.15, 0.2) is 11.8 Å². The molecule has 3 aromatic heterocycles. The molecule has 0 spiro atoms. The molecule has 26 heavy (non-hydrogen) atoms. The molecule has 0 saturated heterocycles. The maximum atomic E-state index is 7.63. The normalized spacial score (nSPS) is 13.5. The van der Waals surface area contributed by atoms with Gasteiger partial charge in [-0.05, 0) is 37.6 Å². The van der Waals surface area contributed by atoms with Crippen LogP contribution in [0.3, 0.4) is 0 Å². The van der Waals surface area contributed by atoms with Crippen molar-refractivity contribution in [3.05, 3.63) is 59.4 Å². The Kier molecular flexibility index (Phi) is 3.16. The number of hydrogen-bond donors (Lipinski definition) is 0. The maximum Gasteiger partial charge on any atom is 0.227 e. The Balaban J connectivity index is 2.00. The third kappa shape index (κ3) is 2.59. The van der Waals surface area contributed by atoms with Crippen LogP contribution in [-0.2, 0) is 12.5 Å². The Bertz CT molecular complexity index is 1200. The van der Waals surface area contributed by atoms with E-state index in [-0.39, 0.29) is 5.41 Å². The number of aryl methyl sites for hydroxylation is 3. The zero-order chi connectivity index (χ0) is 20.2. The van der Waals surface area contributed by atoms with Crippen LogP contribution < -0.4 is 4.57 Å². The Morgan fingerprint density at radius 1 is 1.04 bits per heavy atom. The third-order valence-corrected chi connectivity index (χ3v) is 4.90. The Hall–Kier alpha value is -2.68. The first kappa shape index (κ1) is 14.5. The third-order valence-electron chi connectivity index (χ3n) is 4.90. The molecule has 0 aliphatic carbocycles. The van der Waals surface area contributed by atoms with Gasteiger partial charge in [-0.3, -0.25) is 0 Å². The fourth-order valence-electron chi connectivity index (χ4n) is 3.44. The SMILES string of the molecule is [2H]C([2H])c1ccc(-c2c(C)ccc3c2oc2nc(C(C)(C)C)ccc23)[n+](C)c1. The number of rotatable bonds is 1. The minimum atomic E-state index is -0.997. The van der Waals surface area contributed by atoms with Crippen LogP contribution in [-0.4, -0.2) is 4.98 Å². The van der Waals surface area contributed by atoms with Crippen LogP contribution in [0.25, 0.3) is 33.3 Å². The first-order valence-corrected chi connectivity index (χ1v) is 8.84. The monoisotopic (exact) mass is 347 g/mol. The highest BCUT2D eigenvalue weighted by atomic mass is 16.3. The van der Waals surface area contributed by atoms with Crippen molar-refractivity contribution in [2.75, 3.05) is 0 Å². The molecule has 132 valence electrons. The van der Waals surface area contributed by atoms with E-state index in [0.717, 1.165) is 38.9 Å². The van der Waals surface area contributed by atoms with Gasteiger partial charge < -0.3 is 4.42 Å². The Morgan fingerprint density at radius 3 is 2.50 bits per heavy atom. The Morgan fingerprint density at radius 2 is 1.81 bits per heavy atom. The van der Waals surface area contributed by atoms with E-state index in [2.05, 4.69) is 52.0 Å². The molecule has 0 aliphatic heterocycles. The lowest BCUT2D eigenvalue weighted by Gasteiger charge is -2.16. The molecule has 3 heterocycles. The van der Waals surface area contributed by atoms with E-state index in [1.165, 1.54) is 0 Å². The van der Waals surface area contributed by atoms with Gasteiger partial charge in [0.2, 0.25) is 11.4 Å². The summed E-state index contributed by atoms with van der Waals surface area (Å²) >= 11 is 0. The highest BCUT2D eigenvalue weighted by Gasteiger charge is 2.22. The van der Waals surface area contributed by atoms with Gasteiger partial charge in [-0.15, -0.1) is 0 Å². The topological polar surface area (TPSA) is 29.9 Å². The average molecular weight is 347 g/mol. The molecule has 0 bridgehead atoms. The maximum absolute atomic E-state index is 7.63. The summed E-state index contributed by atoms with van der Waals surface area (Å²) in [4.78, 5) is 4.78. The molecule has 0 radical (unpaired) electrons. The number of furan rings is 1. The van der Waals surface area contributed by atoms with Crippen molar-refractivity contribution in [1.82, 2.24) is 4.98 Å². The lowest BCUT2D eigenvalue weighted by Crippen LogP contribution is -2.31. The Labute approximate surface area is 157 Å². The van der Waals surface area contributed by atoms with Gasteiger partial charge in [0.1, 0.15) is 7.05 Å². The molecular formula is C23H25N2O+. The lowest BCUT2D eigenvalue weighted by molar-refractivity contribution is -0.660. The van der Waals surface area contributed by atoms with Gasteiger partial charge in [0, 0.05) is 36.3 Å². The van der Waals surface area contributed by atoms with Gasteiger partial charge in [0.05, 0.1) is 5.56 Å². The van der Waals surface area contributed by atoms with Gasteiger partial charge >= 0.3 is 0 Å². The summed E-state index contributed by atoms with van der Waals surface area (Å²) in [7, 11) is 1.94. The minimum Gasteiger partial charge on any atom is -0.437 e. The summed E-state index contributed by atoms with van der Waals surface area (Å²) < 4.78 is 23.5. The zero-order valence-corrected chi connectivity index (χ0v) is 15.9. The molecular weight excluding hydrogens is 320 g/mol. The van der Waals surface area contributed by atoms with Crippen molar-refractivity contribution in [2.24, 2.45) is 7.05 Å². The van der Waals surface area contributed by atoms with Crippen molar-refractivity contribution >= 4 is 22.1 Å². The summed E-state index contributed by atoms with van der Waals surface area (Å²) in [6.45, 7) is 7.51. The van der Waals surface area contributed by atoms with E-state index in [4.69, 9.17) is 12.1 Å². The number of aromatic nitrogens is 2. The average Bonchev–Trinajstić information content (AvgIpc) is 2.99. The highest BCUT2D eigenvalue weighted by molar-refractivity contribution is 6.08. The molecule has 0 unspecified atom stereocenters. The van der Waals surface area contributed by atoms with Crippen molar-refractivity contribution in [3.8, 4) is 11.3 Å². The van der Waals surface area contributed by atoms with Crippen molar-refractivity contribution in [1.29, 1.82) is 0 Å². The molecule has 0 amide bonds. The first-order chi connectivity index (χ1) is 13.2. The number of pyridine rings is 2. The molecule has 3 nitrogen and oxygen atoms in total. The van der Waals surface area contributed by atoms with Crippen LogP contribution in [0.4, 0.5) is 0 Å². The number of nitrogens with zero attached hydrogens (tertiary/aromatic N) is 2. The summed E-state index contributed by atoms with van der Waals surface area (Å²) in [6.07, 6.45) is 1.84. The van der Waals surface area contributed by atoms with Crippen LogP contribution in [0, 0.1) is 13.8 Å². The lowest BCUT2D eigenvalue weighted by atomic mass is 9.91. The number of fused-ring (bicyclic) bond motifs is 3. The molecule has 0 aliphatic rings. The van der Waals surface area contributed by atoms with Gasteiger partial charge in [-0.1, -0.05) is 32.9 Å². The molecule has 4 aromatic rings. The van der Waals surface area contributed by atoms with E-state index in [1.54, 1.807) is 0 Å². The molecule has 1 aromatic carbocycles. The van der Waals surface area contributed by atoms with Crippen LogP contribution >= 0.6 is 0 Å². The summed E-state index contributed by atoms with van der Waals surface area (Å²) in [5.41, 5.74) is 6.23. The van der Waals surface area contributed by atoms with Gasteiger partial charge in [0.25, 0.3) is 0 Å². The second kappa shape index (κ2) is 5.66. The summed E-state index contributed by atoms with van der Waals surface area (Å²) in [5.74, 6) is 0. The fourth-order valence-corrected chi connectivity index (χ4v) is 3.44. The molecule has 0 atom stereocenters. The molecule has 0 fully saturated rings. The second-order valence-corrected chi connectivity index (χ2v) is 7.99. The van der Waals surface area contributed by atoms with E-state index in [9.17, 15) is 0 Å². The number of hydrogen-bond acceptors (Lipinski definition) is 2. The van der Waals surface area contributed by atoms with Crippen molar-refractivity contribution in [2.45, 2.75) is 40.0 Å². The van der Waals surface area contributed by atoms with E-state index in [0.29, 0.717) is 11.3 Å². The van der Waals surface area contributed by atoms with Crippen LogP contribution in [0.2, 0.25) is 0 Å². The summed E-state index contributed by atoms with van der Waals surface area (Å²) in [5, 5.41) is 2.06. The molecule has 0 N–H and O–H groups in total. The fraction of sp³-hybridized carbons (Fsp3) is 0.304. The molecule has 3 heteroatoms. The predicted molar refractivity (Wildman–Crippen MR) is 106 cm³/mol. The van der Waals surface area contributed by atoms with Crippen LogP contribution in [0.15, 0.2) is 47.0 Å². The van der Waals surface area contributed by atoms with Crippen LogP contribution in [0.5, 0.6) is 0 Å². The zero-order valence-electron chi connectivity index (χ0n) is 17.9. The van der Waals surface area contributed by atoms with Crippen molar-refractivity contribution in [3.63, 3.8) is 0 Å². The van der Waals surface area contributed by atoms with Crippen LogP contribution in [0.1, 0.15) is 40.3 Å². The largest absolute Gasteiger partial charge is 0.437 e. The minimum absolute atomic E-state index is 0.0444. The predicted octanol–water partition coefficient (Wildman–Crippen LogP) is 5.39. The van der Waals surface area contributed by atoms with Crippen molar-refractivity contribution < 1.29 is 11.7 Å². The van der Waals surface area contributed by atoms with Gasteiger partial charge in [-0.2, -0.15) is 0 Å². The first-order valence-electron chi connectivity index (χ1n) is 10.00. The van der Waals surface area contributed by atoms with E-state index >= 15 is 0 Å². The molecule has 4 rings (SSSR count). The van der Waals surface area contributed by atoms with E-state index in [1.807, 2.05) is 29.9 Å².